The number of fused-ring (bicyclic) bond motifs is 1. The lowest BCUT2D eigenvalue weighted by molar-refractivity contribution is 0.304. The summed E-state index contributed by atoms with van der Waals surface area (Å²) >= 11 is 12.1. The maximum absolute atomic E-state index is 6.14. The quantitative estimate of drug-likeness (QED) is 0.499. The van der Waals surface area contributed by atoms with Gasteiger partial charge in [0.1, 0.15) is 0 Å². The molecule has 2 aromatic heterocycles. The van der Waals surface area contributed by atoms with E-state index in [0.29, 0.717) is 34.0 Å². The summed E-state index contributed by atoms with van der Waals surface area (Å²) in [5.41, 5.74) is 2.61. The van der Waals surface area contributed by atoms with E-state index < -0.39 is 0 Å². The maximum atomic E-state index is 6.14. The van der Waals surface area contributed by atoms with Crippen molar-refractivity contribution in [3.63, 3.8) is 0 Å². The van der Waals surface area contributed by atoms with E-state index >= 15 is 0 Å². The zero-order valence-electron chi connectivity index (χ0n) is 13.6. The zero-order chi connectivity index (χ0) is 17.9. The van der Waals surface area contributed by atoms with E-state index in [2.05, 4.69) is 27.3 Å². The molecule has 0 N–H and O–H groups in total. The van der Waals surface area contributed by atoms with Crippen LogP contribution in [0.3, 0.4) is 0 Å². The Kier molecular flexibility index (Phi) is 4.73. The first-order valence-electron chi connectivity index (χ1n) is 8.03. The van der Waals surface area contributed by atoms with Gasteiger partial charge in [-0.2, -0.15) is 0 Å². The van der Waals surface area contributed by atoms with E-state index in [4.69, 9.17) is 27.9 Å². The molecule has 4 aromatic rings. The first kappa shape index (κ1) is 16.8. The lowest BCUT2D eigenvalue weighted by atomic mass is 10.2. The second kappa shape index (κ2) is 7.32. The Morgan fingerprint density at radius 3 is 2.58 bits per heavy atom. The predicted molar refractivity (Wildman–Crippen MR) is 102 cm³/mol. The second-order valence-electron chi connectivity index (χ2n) is 5.68. The first-order valence-corrected chi connectivity index (χ1v) is 8.79. The van der Waals surface area contributed by atoms with Crippen molar-refractivity contribution >= 4 is 28.8 Å². The molecule has 0 unspecified atom stereocenters. The van der Waals surface area contributed by atoms with Crippen LogP contribution in [0.1, 0.15) is 5.56 Å². The molecular formula is C19H14Cl2N4O. The van der Waals surface area contributed by atoms with E-state index in [1.54, 1.807) is 24.5 Å². The van der Waals surface area contributed by atoms with Crippen LogP contribution in [-0.2, 0) is 6.42 Å². The highest BCUT2D eigenvalue weighted by atomic mass is 35.5. The van der Waals surface area contributed by atoms with Gasteiger partial charge in [0.25, 0.3) is 0 Å². The molecule has 0 atom stereocenters. The van der Waals surface area contributed by atoms with Crippen molar-refractivity contribution in [3.05, 3.63) is 76.5 Å². The van der Waals surface area contributed by atoms with E-state index in [0.717, 1.165) is 12.0 Å². The SMILES string of the molecule is Clc1ccc(-c2nnc3cncc(OCCc4ccccc4)n23)cc1Cl. The Hall–Kier alpha value is -2.63. The average molecular weight is 385 g/mol. The van der Waals surface area contributed by atoms with Crippen molar-refractivity contribution in [2.75, 3.05) is 6.61 Å². The summed E-state index contributed by atoms with van der Waals surface area (Å²) in [6.45, 7) is 0.518. The molecule has 0 aliphatic carbocycles. The fraction of sp³-hybridized carbons (Fsp3) is 0.105. The summed E-state index contributed by atoms with van der Waals surface area (Å²) in [5, 5.41) is 9.37. The fourth-order valence-electron chi connectivity index (χ4n) is 2.66. The Labute approximate surface area is 160 Å². The van der Waals surface area contributed by atoms with Crippen molar-refractivity contribution in [2.45, 2.75) is 6.42 Å². The Bertz CT molecular complexity index is 1050. The molecule has 2 aromatic carbocycles. The minimum atomic E-state index is 0.460. The van der Waals surface area contributed by atoms with E-state index in [1.165, 1.54) is 5.56 Å². The third-order valence-electron chi connectivity index (χ3n) is 3.94. The number of hydrogen-bond donors (Lipinski definition) is 0. The lowest BCUT2D eigenvalue weighted by Gasteiger charge is -2.10. The number of ether oxygens (including phenoxy) is 1. The van der Waals surface area contributed by atoms with E-state index in [1.807, 2.05) is 28.7 Å². The topological polar surface area (TPSA) is 52.3 Å². The number of nitrogens with zero attached hydrogens (tertiary/aromatic N) is 4. The van der Waals surface area contributed by atoms with Crippen LogP contribution in [0.15, 0.2) is 60.9 Å². The minimum Gasteiger partial charge on any atom is -0.477 e. The molecule has 0 saturated heterocycles. The van der Waals surface area contributed by atoms with E-state index in [-0.39, 0.29) is 0 Å². The van der Waals surface area contributed by atoms with Gasteiger partial charge in [-0.15, -0.1) is 10.2 Å². The molecule has 0 radical (unpaired) electrons. The predicted octanol–water partition coefficient (Wildman–Crippen LogP) is 4.72. The van der Waals surface area contributed by atoms with Gasteiger partial charge in [0, 0.05) is 12.0 Å². The van der Waals surface area contributed by atoms with Crippen molar-refractivity contribution < 1.29 is 4.74 Å². The van der Waals surface area contributed by atoms with Crippen LogP contribution in [0.25, 0.3) is 17.0 Å². The van der Waals surface area contributed by atoms with Gasteiger partial charge in [-0.3, -0.25) is 4.98 Å². The lowest BCUT2D eigenvalue weighted by Crippen LogP contribution is -2.06. The van der Waals surface area contributed by atoms with Gasteiger partial charge in [0.05, 0.1) is 29.0 Å². The molecule has 0 saturated carbocycles. The summed E-state index contributed by atoms with van der Waals surface area (Å²) in [6.07, 6.45) is 4.09. The number of halogens is 2. The first-order chi connectivity index (χ1) is 12.7. The molecule has 4 rings (SSSR count). The number of rotatable bonds is 5. The molecule has 0 bridgehead atoms. The molecule has 130 valence electrons. The van der Waals surface area contributed by atoms with Crippen molar-refractivity contribution in [3.8, 4) is 17.3 Å². The molecule has 7 heteroatoms. The van der Waals surface area contributed by atoms with Gasteiger partial charge in [-0.05, 0) is 23.8 Å². The highest BCUT2D eigenvalue weighted by Crippen LogP contribution is 2.29. The van der Waals surface area contributed by atoms with Crippen molar-refractivity contribution in [2.24, 2.45) is 0 Å². The van der Waals surface area contributed by atoms with Crippen molar-refractivity contribution in [1.29, 1.82) is 0 Å². The highest BCUT2D eigenvalue weighted by Gasteiger charge is 2.14. The Morgan fingerprint density at radius 2 is 1.77 bits per heavy atom. The molecule has 26 heavy (non-hydrogen) atoms. The van der Waals surface area contributed by atoms with Crippen LogP contribution in [-0.4, -0.2) is 26.2 Å². The normalized spacial score (nSPS) is 11.0. The van der Waals surface area contributed by atoms with E-state index in [9.17, 15) is 0 Å². The Balaban J connectivity index is 1.65. The summed E-state index contributed by atoms with van der Waals surface area (Å²) in [5.74, 6) is 1.19. The molecule has 0 spiro atoms. The molecule has 2 heterocycles. The van der Waals surface area contributed by atoms with Gasteiger partial charge >= 0.3 is 0 Å². The summed E-state index contributed by atoms with van der Waals surface area (Å²) in [7, 11) is 0. The van der Waals surface area contributed by atoms with Crippen LogP contribution in [0.4, 0.5) is 0 Å². The molecule has 0 amide bonds. The van der Waals surface area contributed by atoms with Gasteiger partial charge < -0.3 is 4.74 Å². The minimum absolute atomic E-state index is 0.460. The summed E-state index contributed by atoms with van der Waals surface area (Å²) in [4.78, 5) is 4.18. The van der Waals surface area contributed by atoms with Crippen LogP contribution in [0.2, 0.25) is 10.0 Å². The van der Waals surface area contributed by atoms with Crippen LogP contribution >= 0.6 is 23.2 Å². The number of hydrogen-bond acceptors (Lipinski definition) is 4. The monoisotopic (exact) mass is 384 g/mol. The standard InChI is InChI=1S/C19H14Cl2N4O/c20-15-7-6-14(10-16(15)21)19-24-23-17-11-22-12-18(25(17)19)26-9-8-13-4-2-1-3-5-13/h1-7,10-12H,8-9H2. The molecule has 0 fully saturated rings. The molecule has 0 aliphatic rings. The largest absolute Gasteiger partial charge is 0.477 e. The van der Waals surface area contributed by atoms with Gasteiger partial charge in [-0.1, -0.05) is 53.5 Å². The summed E-state index contributed by atoms with van der Waals surface area (Å²) in [6, 6.07) is 15.5. The number of benzene rings is 2. The molecule has 5 nitrogen and oxygen atoms in total. The Morgan fingerprint density at radius 1 is 0.923 bits per heavy atom. The third kappa shape index (κ3) is 3.36. The highest BCUT2D eigenvalue weighted by molar-refractivity contribution is 6.42. The fourth-order valence-corrected chi connectivity index (χ4v) is 2.96. The van der Waals surface area contributed by atoms with Gasteiger partial charge in [-0.25, -0.2) is 4.40 Å². The van der Waals surface area contributed by atoms with Gasteiger partial charge in [0.2, 0.25) is 5.88 Å². The number of aromatic nitrogens is 4. The zero-order valence-corrected chi connectivity index (χ0v) is 15.2. The van der Waals surface area contributed by atoms with Crippen LogP contribution < -0.4 is 4.74 Å². The third-order valence-corrected chi connectivity index (χ3v) is 4.68. The second-order valence-corrected chi connectivity index (χ2v) is 6.49. The summed E-state index contributed by atoms with van der Waals surface area (Å²) < 4.78 is 7.78. The van der Waals surface area contributed by atoms with Crippen LogP contribution in [0, 0.1) is 0 Å². The smallest absolute Gasteiger partial charge is 0.220 e. The maximum Gasteiger partial charge on any atom is 0.220 e. The average Bonchev–Trinajstić information content (AvgIpc) is 3.10. The molecular weight excluding hydrogens is 371 g/mol. The molecule has 0 aliphatic heterocycles. The van der Waals surface area contributed by atoms with Crippen LogP contribution in [0.5, 0.6) is 5.88 Å². The van der Waals surface area contributed by atoms with Gasteiger partial charge in [0.15, 0.2) is 11.5 Å². The van der Waals surface area contributed by atoms with Crippen molar-refractivity contribution in [1.82, 2.24) is 19.6 Å².